The zero-order valence-corrected chi connectivity index (χ0v) is 22.3. The number of fused-ring (bicyclic) bond motifs is 1. The lowest BCUT2D eigenvalue weighted by atomic mass is 9.89. The average Bonchev–Trinajstić information content (AvgIpc) is 3.67. The number of amides is 2. The summed E-state index contributed by atoms with van der Waals surface area (Å²) in [4.78, 5) is 44.0. The van der Waals surface area contributed by atoms with Crippen molar-refractivity contribution >= 4 is 17.6 Å². The summed E-state index contributed by atoms with van der Waals surface area (Å²) in [6.45, 7) is 6.12. The van der Waals surface area contributed by atoms with Gasteiger partial charge in [-0.1, -0.05) is 31.9 Å². The Balaban J connectivity index is 1.27. The maximum absolute atomic E-state index is 13.9. The summed E-state index contributed by atoms with van der Waals surface area (Å²) in [5, 5.41) is 6.28. The molecule has 3 aliphatic heterocycles. The SMILES string of the molecule is CCCN1CCC(c2ccc(C(=O)N[C@H](C(=O)N3C[C@H](NC)[C@H]4OCC(=O)[C@H]43)C3CCCC3)cc2)CC1. The Kier molecular flexibility index (Phi) is 8.27. The third-order valence-electron chi connectivity index (χ3n) is 9.03. The Morgan fingerprint density at radius 2 is 1.78 bits per heavy atom. The summed E-state index contributed by atoms with van der Waals surface area (Å²) < 4.78 is 5.71. The average molecular weight is 511 g/mol. The second-order valence-electron chi connectivity index (χ2n) is 11.3. The number of benzene rings is 1. The van der Waals surface area contributed by atoms with Gasteiger partial charge in [-0.15, -0.1) is 0 Å². The van der Waals surface area contributed by atoms with Crippen molar-refractivity contribution in [3.05, 3.63) is 35.4 Å². The molecule has 5 rings (SSSR count). The Hall–Kier alpha value is -2.29. The number of Topliss-reactive ketones (excluding diaryl/α,β-unsaturated/α-hetero) is 1. The van der Waals surface area contributed by atoms with E-state index in [9.17, 15) is 14.4 Å². The van der Waals surface area contributed by atoms with Crippen LogP contribution in [-0.2, 0) is 14.3 Å². The highest BCUT2D eigenvalue weighted by atomic mass is 16.5. The van der Waals surface area contributed by atoms with Crippen LogP contribution in [0.25, 0.3) is 0 Å². The highest BCUT2D eigenvalue weighted by Gasteiger charge is 2.53. The van der Waals surface area contributed by atoms with Crippen LogP contribution in [0.4, 0.5) is 0 Å². The molecule has 1 aromatic carbocycles. The predicted octanol–water partition coefficient (Wildman–Crippen LogP) is 2.33. The van der Waals surface area contributed by atoms with Crippen molar-refractivity contribution in [3.8, 4) is 0 Å². The van der Waals surface area contributed by atoms with Crippen molar-refractivity contribution in [2.75, 3.05) is 39.8 Å². The van der Waals surface area contributed by atoms with Crippen molar-refractivity contribution in [3.63, 3.8) is 0 Å². The van der Waals surface area contributed by atoms with Gasteiger partial charge in [0.2, 0.25) is 5.91 Å². The number of carbonyl (C=O) groups excluding carboxylic acids is 3. The lowest BCUT2D eigenvalue weighted by Crippen LogP contribution is -2.54. The molecule has 8 heteroatoms. The Labute approximate surface area is 220 Å². The van der Waals surface area contributed by atoms with Gasteiger partial charge in [0.05, 0.1) is 6.04 Å². The summed E-state index contributed by atoms with van der Waals surface area (Å²) in [5.74, 6) is 0.205. The normalized spacial score (nSPS) is 28.0. The molecule has 3 saturated heterocycles. The standard InChI is InChI=1S/C29H42N4O4/c1-3-14-32-15-12-20(13-16-32)19-8-10-22(11-9-19)28(35)31-25(21-6-4-5-7-21)29(36)33-17-23(30-2)27-26(33)24(34)18-37-27/h8-11,20-21,23,25-27,30H,3-7,12-18H2,1-2H3,(H,31,35)/t23-,25-,26+,27+/m0/s1. The van der Waals surface area contributed by atoms with Crippen LogP contribution in [-0.4, -0.2) is 91.5 Å². The molecule has 202 valence electrons. The predicted molar refractivity (Wildman–Crippen MR) is 141 cm³/mol. The van der Waals surface area contributed by atoms with Crippen molar-refractivity contribution in [2.24, 2.45) is 5.92 Å². The van der Waals surface area contributed by atoms with Gasteiger partial charge in [0, 0.05) is 12.1 Å². The number of carbonyl (C=O) groups is 3. The van der Waals surface area contributed by atoms with Gasteiger partial charge in [-0.25, -0.2) is 0 Å². The molecule has 4 atom stereocenters. The molecule has 4 aliphatic rings. The van der Waals surface area contributed by atoms with E-state index in [0.29, 0.717) is 18.0 Å². The Morgan fingerprint density at radius 1 is 1.08 bits per heavy atom. The molecular formula is C29H42N4O4. The molecule has 0 radical (unpaired) electrons. The second kappa shape index (κ2) is 11.6. The second-order valence-corrected chi connectivity index (χ2v) is 11.3. The minimum absolute atomic E-state index is 0.0434. The van der Waals surface area contributed by atoms with E-state index in [1.165, 1.54) is 18.5 Å². The first kappa shape index (κ1) is 26.3. The van der Waals surface area contributed by atoms with Crippen LogP contribution in [0, 0.1) is 5.92 Å². The first-order valence-electron chi connectivity index (χ1n) is 14.3. The first-order valence-corrected chi connectivity index (χ1v) is 14.3. The monoisotopic (exact) mass is 510 g/mol. The van der Waals surface area contributed by atoms with Gasteiger partial charge in [0.15, 0.2) is 5.78 Å². The third kappa shape index (κ3) is 5.47. The molecule has 2 amide bonds. The number of piperidine rings is 1. The molecule has 0 unspecified atom stereocenters. The molecule has 8 nitrogen and oxygen atoms in total. The van der Waals surface area contributed by atoms with E-state index < -0.39 is 12.1 Å². The number of ketones is 1. The minimum Gasteiger partial charge on any atom is -0.366 e. The quantitative estimate of drug-likeness (QED) is 0.558. The lowest BCUT2D eigenvalue weighted by Gasteiger charge is -2.32. The highest BCUT2D eigenvalue weighted by molar-refractivity contribution is 5.99. The van der Waals surface area contributed by atoms with E-state index >= 15 is 0 Å². The fourth-order valence-electron chi connectivity index (χ4n) is 6.93. The van der Waals surface area contributed by atoms with E-state index in [1.807, 2.05) is 19.2 Å². The Bertz CT molecular complexity index is 969. The molecular weight excluding hydrogens is 468 g/mol. The highest BCUT2D eigenvalue weighted by Crippen LogP contribution is 2.33. The summed E-state index contributed by atoms with van der Waals surface area (Å²) in [5.41, 5.74) is 1.87. The van der Waals surface area contributed by atoms with E-state index in [0.717, 1.165) is 51.6 Å². The zero-order valence-electron chi connectivity index (χ0n) is 22.3. The number of hydrogen-bond acceptors (Lipinski definition) is 6. The molecule has 0 spiro atoms. The smallest absolute Gasteiger partial charge is 0.251 e. The molecule has 1 aromatic rings. The summed E-state index contributed by atoms with van der Waals surface area (Å²) in [7, 11) is 1.83. The van der Waals surface area contributed by atoms with Gasteiger partial charge >= 0.3 is 0 Å². The first-order chi connectivity index (χ1) is 18.0. The van der Waals surface area contributed by atoms with Crippen LogP contribution >= 0.6 is 0 Å². The van der Waals surface area contributed by atoms with Crippen molar-refractivity contribution in [1.29, 1.82) is 0 Å². The topological polar surface area (TPSA) is 91.0 Å². The van der Waals surface area contributed by atoms with Crippen LogP contribution in [0.5, 0.6) is 0 Å². The number of hydrogen-bond donors (Lipinski definition) is 2. The van der Waals surface area contributed by atoms with Gasteiger partial charge < -0.3 is 25.2 Å². The molecule has 3 heterocycles. The van der Waals surface area contributed by atoms with Crippen molar-refractivity contribution in [1.82, 2.24) is 20.4 Å². The minimum atomic E-state index is -0.623. The third-order valence-corrected chi connectivity index (χ3v) is 9.03. The van der Waals surface area contributed by atoms with Gasteiger partial charge in [-0.2, -0.15) is 0 Å². The maximum atomic E-state index is 13.9. The molecule has 0 bridgehead atoms. The fraction of sp³-hybridized carbons (Fsp3) is 0.690. The number of nitrogens with zero attached hydrogens (tertiary/aromatic N) is 2. The van der Waals surface area contributed by atoms with E-state index in [1.54, 1.807) is 4.90 Å². The van der Waals surface area contributed by atoms with Gasteiger partial charge in [-0.3, -0.25) is 14.4 Å². The maximum Gasteiger partial charge on any atom is 0.251 e. The number of rotatable bonds is 8. The van der Waals surface area contributed by atoms with Gasteiger partial charge in [0.25, 0.3) is 5.91 Å². The van der Waals surface area contributed by atoms with Crippen LogP contribution in [0.2, 0.25) is 0 Å². The molecule has 1 aliphatic carbocycles. The fourth-order valence-corrected chi connectivity index (χ4v) is 6.93. The summed E-state index contributed by atoms with van der Waals surface area (Å²) in [6.07, 6.45) is 7.12. The largest absolute Gasteiger partial charge is 0.366 e. The molecule has 2 N–H and O–H groups in total. The molecule has 37 heavy (non-hydrogen) atoms. The van der Waals surface area contributed by atoms with E-state index in [-0.39, 0.29) is 42.3 Å². The van der Waals surface area contributed by atoms with Crippen molar-refractivity contribution in [2.45, 2.75) is 82.0 Å². The van der Waals surface area contributed by atoms with Gasteiger partial charge in [0.1, 0.15) is 24.8 Å². The number of ether oxygens (including phenoxy) is 1. The van der Waals surface area contributed by atoms with E-state index in [4.69, 9.17) is 4.74 Å². The van der Waals surface area contributed by atoms with Crippen LogP contribution in [0.1, 0.15) is 73.7 Å². The number of nitrogens with one attached hydrogen (secondary N) is 2. The Morgan fingerprint density at radius 3 is 2.43 bits per heavy atom. The van der Waals surface area contributed by atoms with Crippen molar-refractivity contribution < 1.29 is 19.1 Å². The molecule has 0 aromatic heterocycles. The summed E-state index contributed by atoms with van der Waals surface area (Å²) >= 11 is 0. The van der Waals surface area contributed by atoms with Crippen LogP contribution in [0.3, 0.4) is 0 Å². The number of likely N-dealkylation sites (tertiary alicyclic amines) is 2. The number of likely N-dealkylation sites (N-methyl/N-ethyl adjacent to an activating group) is 1. The zero-order chi connectivity index (χ0) is 25.9. The van der Waals surface area contributed by atoms with Crippen LogP contribution in [0.15, 0.2) is 24.3 Å². The van der Waals surface area contributed by atoms with Gasteiger partial charge in [-0.05, 0) is 88.3 Å². The lowest BCUT2D eigenvalue weighted by molar-refractivity contribution is -0.139. The summed E-state index contributed by atoms with van der Waals surface area (Å²) in [6, 6.07) is 6.70. The molecule has 1 saturated carbocycles. The van der Waals surface area contributed by atoms with Crippen LogP contribution < -0.4 is 10.6 Å². The van der Waals surface area contributed by atoms with E-state index in [2.05, 4.69) is 34.6 Å². The molecule has 4 fully saturated rings.